The van der Waals surface area contributed by atoms with Gasteiger partial charge in [0.05, 0.1) is 24.9 Å². The summed E-state index contributed by atoms with van der Waals surface area (Å²) >= 11 is 1.49. The predicted octanol–water partition coefficient (Wildman–Crippen LogP) is 4.73. The van der Waals surface area contributed by atoms with E-state index in [1.165, 1.54) is 22.5 Å². The smallest absolute Gasteiger partial charge is 0.230 e. The number of carbonyl (C=O) groups excluding carboxylic acids is 1. The fourth-order valence-electron chi connectivity index (χ4n) is 3.44. The van der Waals surface area contributed by atoms with Crippen LogP contribution in [0.1, 0.15) is 28.2 Å². The zero-order valence-corrected chi connectivity index (χ0v) is 18.6. The molecule has 1 amide bonds. The van der Waals surface area contributed by atoms with Crippen LogP contribution in [0.5, 0.6) is 5.75 Å². The Morgan fingerprint density at radius 1 is 1.10 bits per heavy atom. The average molecular weight is 433 g/mol. The number of rotatable bonds is 7. The van der Waals surface area contributed by atoms with Gasteiger partial charge in [-0.25, -0.2) is 9.67 Å². The van der Waals surface area contributed by atoms with E-state index in [1.54, 1.807) is 7.11 Å². The molecular formula is C24H24N4O2S. The third-order valence-corrected chi connectivity index (χ3v) is 5.97. The molecule has 158 valence electrons. The van der Waals surface area contributed by atoms with Crippen molar-refractivity contribution in [1.82, 2.24) is 14.8 Å². The molecule has 4 aromatic rings. The number of methoxy groups -OCH3 is 1. The van der Waals surface area contributed by atoms with Gasteiger partial charge in [0.2, 0.25) is 11.0 Å². The Morgan fingerprint density at radius 3 is 2.55 bits per heavy atom. The summed E-state index contributed by atoms with van der Waals surface area (Å²) in [6, 6.07) is 17.6. The van der Waals surface area contributed by atoms with Gasteiger partial charge in [0.1, 0.15) is 5.75 Å². The van der Waals surface area contributed by atoms with Gasteiger partial charge < -0.3 is 10.1 Å². The molecule has 2 aromatic heterocycles. The van der Waals surface area contributed by atoms with Gasteiger partial charge in [-0.1, -0.05) is 30.3 Å². The summed E-state index contributed by atoms with van der Waals surface area (Å²) in [7, 11) is 1.61. The lowest BCUT2D eigenvalue weighted by Crippen LogP contribution is -2.14. The van der Waals surface area contributed by atoms with Gasteiger partial charge in [-0.05, 0) is 43.7 Å². The van der Waals surface area contributed by atoms with Gasteiger partial charge in [-0.2, -0.15) is 5.10 Å². The molecule has 0 saturated carbocycles. The molecule has 2 aromatic carbocycles. The van der Waals surface area contributed by atoms with E-state index >= 15 is 0 Å². The number of aryl methyl sites for hydroxylation is 1. The second-order valence-corrected chi connectivity index (χ2v) is 8.13. The molecule has 0 saturated heterocycles. The molecule has 0 aliphatic heterocycles. The van der Waals surface area contributed by atoms with Crippen LogP contribution in [-0.2, 0) is 17.6 Å². The fraction of sp³-hybridized carbons (Fsp3) is 0.208. The SMILES string of the molecule is COc1ccc(NC(=O)Cc2csc(-n3nc(C)c(Cc4ccccc4)c3C)n2)cc1. The van der Waals surface area contributed by atoms with E-state index in [1.807, 2.05) is 47.3 Å². The Labute approximate surface area is 185 Å². The minimum Gasteiger partial charge on any atom is -0.497 e. The molecule has 0 fully saturated rings. The van der Waals surface area contributed by atoms with E-state index in [0.29, 0.717) is 0 Å². The molecule has 0 spiro atoms. The minimum absolute atomic E-state index is 0.111. The number of amides is 1. The van der Waals surface area contributed by atoms with Crippen molar-refractivity contribution in [2.24, 2.45) is 0 Å². The Hall–Kier alpha value is -3.45. The number of nitrogens with one attached hydrogen (secondary N) is 1. The van der Waals surface area contributed by atoms with E-state index in [0.717, 1.165) is 40.1 Å². The highest BCUT2D eigenvalue weighted by Crippen LogP contribution is 2.23. The number of nitrogens with zero attached hydrogens (tertiary/aromatic N) is 3. The van der Waals surface area contributed by atoms with Crippen molar-refractivity contribution in [2.75, 3.05) is 12.4 Å². The maximum atomic E-state index is 12.4. The van der Waals surface area contributed by atoms with E-state index in [4.69, 9.17) is 9.84 Å². The molecule has 1 N–H and O–H groups in total. The summed E-state index contributed by atoms with van der Waals surface area (Å²) in [6.07, 6.45) is 1.04. The fourth-order valence-corrected chi connectivity index (χ4v) is 4.26. The molecule has 0 atom stereocenters. The molecule has 0 aliphatic carbocycles. The first-order chi connectivity index (χ1) is 15.0. The molecule has 0 unspecified atom stereocenters. The van der Waals surface area contributed by atoms with Gasteiger partial charge in [-0.3, -0.25) is 4.79 Å². The van der Waals surface area contributed by atoms with Crippen molar-refractivity contribution in [1.29, 1.82) is 0 Å². The lowest BCUT2D eigenvalue weighted by Gasteiger charge is -2.05. The van der Waals surface area contributed by atoms with E-state index < -0.39 is 0 Å². The number of benzene rings is 2. The second kappa shape index (κ2) is 9.14. The zero-order valence-electron chi connectivity index (χ0n) is 17.8. The largest absolute Gasteiger partial charge is 0.497 e. The van der Waals surface area contributed by atoms with E-state index in [-0.39, 0.29) is 12.3 Å². The summed E-state index contributed by atoms with van der Waals surface area (Å²) in [5, 5.41) is 10.3. The molecule has 7 heteroatoms. The zero-order chi connectivity index (χ0) is 21.8. The van der Waals surface area contributed by atoms with Crippen molar-refractivity contribution in [2.45, 2.75) is 26.7 Å². The number of anilines is 1. The Morgan fingerprint density at radius 2 is 1.84 bits per heavy atom. The minimum atomic E-state index is -0.111. The van der Waals surface area contributed by atoms with Crippen LogP contribution in [0.15, 0.2) is 60.0 Å². The molecule has 31 heavy (non-hydrogen) atoms. The average Bonchev–Trinajstić information content (AvgIpc) is 3.34. The van der Waals surface area contributed by atoms with E-state index in [2.05, 4.69) is 41.5 Å². The molecule has 4 rings (SSSR count). The van der Waals surface area contributed by atoms with Crippen LogP contribution < -0.4 is 10.1 Å². The van der Waals surface area contributed by atoms with Gasteiger partial charge in [0.25, 0.3) is 0 Å². The Kier molecular flexibility index (Phi) is 6.13. The first-order valence-electron chi connectivity index (χ1n) is 10.0. The first-order valence-corrected chi connectivity index (χ1v) is 10.9. The van der Waals surface area contributed by atoms with Crippen LogP contribution >= 0.6 is 11.3 Å². The van der Waals surface area contributed by atoms with Crippen molar-refractivity contribution in [3.8, 4) is 10.9 Å². The van der Waals surface area contributed by atoms with Gasteiger partial charge >= 0.3 is 0 Å². The summed E-state index contributed by atoms with van der Waals surface area (Å²) in [5.74, 6) is 0.638. The normalized spacial score (nSPS) is 10.8. The van der Waals surface area contributed by atoms with E-state index in [9.17, 15) is 4.79 Å². The van der Waals surface area contributed by atoms with Crippen LogP contribution in [0, 0.1) is 13.8 Å². The van der Waals surface area contributed by atoms with Crippen molar-refractivity contribution in [3.05, 3.63) is 88.2 Å². The lowest BCUT2D eigenvalue weighted by atomic mass is 10.0. The van der Waals surface area contributed by atoms with Gasteiger partial charge in [0, 0.05) is 28.7 Å². The number of carbonyl (C=O) groups is 1. The molecule has 6 nitrogen and oxygen atoms in total. The van der Waals surface area contributed by atoms with Crippen LogP contribution in [0.4, 0.5) is 5.69 Å². The predicted molar refractivity (Wildman–Crippen MR) is 123 cm³/mol. The van der Waals surface area contributed by atoms with Gasteiger partial charge in [-0.15, -0.1) is 11.3 Å². The molecule has 0 radical (unpaired) electrons. The quantitative estimate of drug-likeness (QED) is 0.459. The maximum Gasteiger partial charge on any atom is 0.230 e. The van der Waals surface area contributed by atoms with Crippen LogP contribution in [0.2, 0.25) is 0 Å². The number of ether oxygens (including phenoxy) is 1. The second-order valence-electron chi connectivity index (χ2n) is 7.30. The Bertz CT molecular complexity index is 1180. The highest BCUT2D eigenvalue weighted by molar-refractivity contribution is 7.12. The Balaban J connectivity index is 1.46. The summed E-state index contributed by atoms with van der Waals surface area (Å²) in [6.45, 7) is 4.09. The molecule has 0 bridgehead atoms. The standard InChI is InChI=1S/C24H24N4O2S/c1-16-22(13-18-7-5-4-6-8-18)17(2)28(27-16)24-26-20(15-31-24)14-23(29)25-19-9-11-21(30-3)12-10-19/h4-12,15H,13-14H2,1-3H3,(H,25,29). The monoisotopic (exact) mass is 432 g/mol. The summed E-state index contributed by atoms with van der Waals surface area (Å²) in [4.78, 5) is 17.1. The summed E-state index contributed by atoms with van der Waals surface area (Å²) in [5.41, 5.74) is 5.98. The topological polar surface area (TPSA) is 69.0 Å². The third kappa shape index (κ3) is 4.83. The molecule has 2 heterocycles. The number of aromatic nitrogens is 3. The highest BCUT2D eigenvalue weighted by atomic mass is 32.1. The summed E-state index contributed by atoms with van der Waals surface area (Å²) < 4.78 is 7.02. The van der Waals surface area contributed by atoms with Crippen molar-refractivity contribution < 1.29 is 9.53 Å². The molecular weight excluding hydrogens is 408 g/mol. The molecule has 0 aliphatic rings. The van der Waals surface area contributed by atoms with Gasteiger partial charge in [0.15, 0.2) is 0 Å². The van der Waals surface area contributed by atoms with Crippen LogP contribution in [-0.4, -0.2) is 27.8 Å². The first kappa shape index (κ1) is 20.8. The van der Waals surface area contributed by atoms with Crippen molar-refractivity contribution >= 4 is 22.9 Å². The number of hydrogen-bond donors (Lipinski definition) is 1. The highest BCUT2D eigenvalue weighted by Gasteiger charge is 2.16. The van der Waals surface area contributed by atoms with Crippen LogP contribution in [0.25, 0.3) is 5.13 Å². The maximum absolute atomic E-state index is 12.4. The third-order valence-electron chi connectivity index (χ3n) is 5.10. The van der Waals surface area contributed by atoms with Crippen LogP contribution in [0.3, 0.4) is 0 Å². The number of hydrogen-bond acceptors (Lipinski definition) is 5. The van der Waals surface area contributed by atoms with Crippen molar-refractivity contribution in [3.63, 3.8) is 0 Å². The lowest BCUT2D eigenvalue weighted by molar-refractivity contribution is -0.115. The number of thiazole rings is 1.